The largest absolute Gasteiger partial charge is 0.496 e. The zero-order chi connectivity index (χ0) is 19.0. The summed E-state index contributed by atoms with van der Waals surface area (Å²) in [5, 5.41) is 13.4. The summed E-state index contributed by atoms with van der Waals surface area (Å²) in [6, 6.07) is 16.5. The van der Waals surface area contributed by atoms with Gasteiger partial charge in [0.25, 0.3) is 0 Å². The molecule has 27 heavy (non-hydrogen) atoms. The average Bonchev–Trinajstić information content (AvgIpc) is 3.12. The number of rotatable bonds is 4. The quantitative estimate of drug-likeness (QED) is 0.595. The Bertz CT molecular complexity index is 1150. The molecular weight excluding hydrogens is 349 g/mol. The Balaban J connectivity index is 2.02. The molecule has 0 aliphatic rings. The molecule has 0 saturated carbocycles. The van der Waals surface area contributed by atoms with Crippen LogP contribution in [0.2, 0.25) is 0 Å². The van der Waals surface area contributed by atoms with Crippen molar-refractivity contribution in [3.63, 3.8) is 0 Å². The van der Waals surface area contributed by atoms with Crippen molar-refractivity contribution < 1.29 is 19.0 Å². The molecule has 2 aromatic carbocycles. The average molecular weight is 363 g/mol. The molecule has 0 amide bonds. The Morgan fingerprint density at radius 2 is 1.85 bits per heavy atom. The Hall–Kier alpha value is -3.74. The number of nitrogens with zero attached hydrogens (tertiary/aromatic N) is 3. The van der Waals surface area contributed by atoms with E-state index in [1.165, 1.54) is 22.7 Å². The highest BCUT2D eigenvalue weighted by Gasteiger charge is 2.17. The van der Waals surface area contributed by atoms with Crippen molar-refractivity contribution in [1.82, 2.24) is 14.6 Å². The van der Waals surface area contributed by atoms with E-state index in [0.717, 1.165) is 5.56 Å². The van der Waals surface area contributed by atoms with E-state index in [1.54, 1.807) is 31.4 Å². The van der Waals surface area contributed by atoms with Crippen LogP contribution in [0.1, 0.15) is 10.5 Å². The summed E-state index contributed by atoms with van der Waals surface area (Å²) in [6.45, 7) is 0. The molecule has 7 heteroatoms. The van der Waals surface area contributed by atoms with Gasteiger partial charge < -0.3 is 9.84 Å². The van der Waals surface area contributed by atoms with E-state index < -0.39 is 5.97 Å². The highest BCUT2D eigenvalue weighted by Crippen LogP contribution is 2.32. The van der Waals surface area contributed by atoms with Crippen molar-refractivity contribution in [2.75, 3.05) is 7.11 Å². The molecule has 0 aliphatic carbocycles. The van der Waals surface area contributed by atoms with Gasteiger partial charge >= 0.3 is 5.97 Å². The molecule has 2 aromatic heterocycles. The lowest BCUT2D eigenvalue weighted by Gasteiger charge is -2.12. The maximum Gasteiger partial charge on any atom is 0.356 e. The summed E-state index contributed by atoms with van der Waals surface area (Å²) < 4.78 is 20.2. The Labute approximate surface area is 153 Å². The highest BCUT2D eigenvalue weighted by molar-refractivity contribution is 5.87. The van der Waals surface area contributed by atoms with Gasteiger partial charge in [-0.05, 0) is 42.5 Å². The molecule has 6 nitrogen and oxygen atoms in total. The van der Waals surface area contributed by atoms with Crippen molar-refractivity contribution in [3.05, 3.63) is 72.2 Å². The predicted molar refractivity (Wildman–Crippen MR) is 97.3 cm³/mol. The van der Waals surface area contributed by atoms with E-state index in [-0.39, 0.29) is 11.5 Å². The summed E-state index contributed by atoms with van der Waals surface area (Å²) in [6.07, 6.45) is 0. The Morgan fingerprint density at radius 3 is 2.56 bits per heavy atom. The number of ether oxygens (including phenoxy) is 1. The number of para-hydroxylation sites is 1. The molecule has 0 atom stereocenters. The first-order valence-corrected chi connectivity index (χ1v) is 8.10. The van der Waals surface area contributed by atoms with E-state index in [2.05, 4.69) is 10.1 Å². The molecule has 0 aliphatic heterocycles. The van der Waals surface area contributed by atoms with Crippen molar-refractivity contribution in [3.8, 4) is 28.3 Å². The van der Waals surface area contributed by atoms with E-state index in [9.17, 15) is 14.3 Å². The van der Waals surface area contributed by atoms with Gasteiger partial charge in [-0.1, -0.05) is 12.1 Å². The molecule has 2 heterocycles. The summed E-state index contributed by atoms with van der Waals surface area (Å²) in [4.78, 5) is 15.9. The lowest BCUT2D eigenvalue weighted by molar-refractivity contribution is 0.0690. The van der Waals surface area contributed by atoms with Crippen LogP contribution in [0.5, 0.6) is 5.75 Å². The number of methoxy groups -OCH3 is 1. The number of aromatic carboxylic acids is 1. The van der Waals surface area contributed by atoms with Gasteiger partial charge in [-0.25, -0.2) is 18.7 Å². The fourth-order valence-corrected chi connectivity index (χ4v) is 2.90. The van der Waals surface area contributed by atoms with Crippen molar-refractivity contribution in [2.24, 2.45) is 0 Å². The zero-order valence-electron chi connectivity index (χ0n) is 14.3. The van der Waals surface area contributed by atoms with Crippen LogP contribution in [-0.4, -0.2) is 32.8 Å². The van der Waals surface area contributed by atoms with Gasteiger partial charge in [0.15, 0.2) is 11.3 Å². The maximum absolute atomic E-state index is 13.3. The number of carboxylic acid groups (broad SMARTS) is 1. The van der Waals surface area contributed by atoms with Gasteiger partial charge in [0.05, 0.1) is 18.5 Å². The van der Waals surface area contributed by atoms with Gasteiger partial charge in [0.1, 0.15) is 11.6 Å². The topological polar surface area (TPSA) is 76.7 Å². The monoisotopic (exact) mass is 363 g/mol. The number of benzene rings is 2. The maximum atomic E-state index is 13.3. The number of hydrogen-bond donors (Lipinski definition) is 1. The standard InChI is InChI=1S/C20H14FN3O3/c1-27-18-5-3-2-4-14(18)17-10-15(12-6-8-13(21)9-7-12)22-19-11-16(20(25)26)23-24(17)19/h2-11H,1H3,(H,25,26). The van der Waals surface area contributed by atoms with Crippen molar-refractivity contribution >= 4 is 11.6 Å². The minimum atomic E-state index is -1.14. The fourth-order valence-electron chi connectivity index (χ4n) is 2.90. The first kappa shape index (κ1) is 16.7. The van der Waals surface area contributed by atoms with E-state index >= 15 is 0 Å². The Morgan fingerprint density at radius 1 is 1.11 bits per heavy atom. The predicted octanol–water partition coefficient (Wildman–Crippen LogP) is 3.91. The van der Waals surface area contributed by atoms with Crippen LogP contribution >= 0.6 is 0 Å². The number of aromatic nitrogens is 3. The van der Waals surface area contributed by atoms with Gasteiger partial charge in [-0.3, -0.25) is 0 Å². The summed E-state index contributed by atoms with van der Waals surface area (Å²) >= 11 is 0. The van der Waals surface area contributed by atoms with Gasteiger partial charge in [0.2, 0.25) is 0 Å². The van der Waals surface area contributed by atoms with Crippen LogP contribution in [0.25, 0.3) is 28.2 Å². The molecule has 0 saturated heterocycles. The second-order valence-corrected chi connectivity index (χ2v) is 5.84. The molecule has 4 rings (SSSR count). The summed E-state index contributed by atoms with van der Waals surface area (Å²) in [5.41, 5.74) is 2.87. The molecular formula is C20H14FN3O3. The second-order valence-electron chi connectivity index (χ2n) is 5.84. The summed E-state index contributed by atoms with van der Waals surface area (Å²) in [7, 11) is 1.56. The number of fused-ring (bicyclic) bond motifs is 1. The normalized spacial score (nSPS) is 10.9. The van der Waals surface area contributed by atoms with Crippen LogP contribution in [0, 0.1) is 5.82 Å². The van der Waals surface area contributed by atoms with E-state index in [1.807, 2.05) is 18.2 Å². The molecule has 0 radical (unpaired) electrons. The number of carbonyl (C=O) groups is 1. The molecule has 0 spiro atoms. The van der Waals surface area contributed by atoms with Crippen molar-refractivity contribution in [1.29, 1.82) is 0 Å². The fraction of sp³-hybridized carbons (Fsp3) is 0.0500. The number of carboxylic acids is 1. The first-order valence-electron chi connectivity index (χ1n) is 8.10. The van der Waals surface area contributed by atoms with Gasteiger partial charge in [0, 0.05) is 17.2 Å². The molecule has 0 fully saturated rings. The zero-order valence-corrected chi connectivity index (χ0v) is 14.3. The van der Waals surface area contributed by atoms with Crippen LogP contribution in [0.3, 0.4) is 0 Å². The number of hydrogen-bond acceptors (Lipinski definition) is 4. The Kier molecular flexibility index (Phi) is 4.04. The smallest absolute Gasteiger partial charge is 0.356 e. The molecule has 134 valence electrons. The van der Waals surface area contributed by atoms with Crippen molar-refractivity contribution in [2.45, 2.75) is 0 Å². The van der Waals surface area contributed by atoms with E-state index in [0.29, 0.717) is 28.3 Å². The minimum absolute atomic E-state index is 0.116. The van der Waals surface area contributed by atoms with Crippen LogP contribution in [0.15, 0.2) is 60.7 Å². The molecule has 4 aromatic rings. The third kappa shape index (κ3) is 2.99. The second kappa shape index (κ2) is 6.53. The minimum Gasteiger partial charge on any atom is -0.496 e. The van der Waals surface area contributed by atoms with Crippen LogP contribution < -0.4 is 4.74 Å². The van der Waals surface area contributed by atoms with Gasteiger partial charge in [-0.15, -0.1) is 0 Å². The number of halogens is 1. The lowest BCUT2D eigenvalue weighted by atomic mass is 10.1. The molecule has 1 N–H and O–H groups in total. The third-order valence-corrected chi connectivity index (χ3v) is 4.17. The lowest BCUT2D eigenvalue weighted by Crippen LogP contribution is -2.02. The molecule has 0 bridgehead atoms. The SMILES string of the molecule is COc1ccccc1-c1cc(-c2ccc(F)cc2)nc2cc(C(=O)O)nn12. The van der Waals surface area contributed by atoms with Gasteiger partial charge in [-0.2, -0.15) is 5.10 Å². The summed E-state index contributed by atoms with van der Waals surface area (Å²) in [5.74, 6) is -0.875. The van der Waals surface area contributed by atoms with E-state index in [4.69, 9.17) is 4.74 Å². The first-order chi connectivity index (χ1) is 13.1. The molecule has 0 unspecified atom stereocenters. The highest BCUT2D eigenvalue weighted by atomic mass is 19.1. The van der Waals surface area contributed by atoms with Crippen LogP contribution in [-0.2, 0) is 0 Å². The van der Waals surface area contributed by atoms with Crippen LogP contribution in [0.4, 0.5) is 4.39 Å². The third-order valence-electron chi connectivity index (χ3n) is 4.17.